The molecule has 0 bridgehead atoms. The monoisotopic (exact) mass is 262 g/mol. The molecule has 1 rings (SSSR count). The topological polar surface area (TPSA) is 26.3 Å². The van der Waals surface area contributed by atoms with Gasteiger partial charge in [-0.25, -0.2) is 0 Å². The molecule has 0 radical (unpaired) electrons. The van der Waals surface area contributed by atoms with Crippen molar-refractivity contribution in [3.63, 3.8) is 0 Å². The van der Waals surface area contributed by atoms with Gasteiger partial charge in [-0.2, -0.15) is 0 Å². The molecule has 0 fully saturated rings. The number of ether oxygens (including phenoxy) is 1. The predicted octanol–water partition coefficient (Wildman–Crippen LogP) is 4.75. The molecule has 106 valence electrons. The van der Waals surface area contributed by atoms with Crippen LogP contribution in [0.5, 0.6) is 0 Å². The van der Waals surface area contributed by atoms with Crippen molar-refractivity contribution in [2.45, 2.75) is 53.6 Å². The second kappa shape index (κ2) is 6.74. The molecule has 0 aliphatic rings. The summed E-state index contributed by atoms with van der Waals surface area (Å²) in [6.45, 7) is 10.3. The quantitative estimate of drug-likeness (QED) is 0.715. The molecule has 0 amide bonds. The normalized spacial score (nSPS) is 14.8. The van der Waals surface area contributed by atoms with Gasteiger partial charge >= 0.3 is 5.97 Å². The van der Waals surface area contributed by atoms with Gasteiger partial charge in [-0.3, -0.25) is 4.79 Å². The number of benzene rings is 1. The van der Waals surface area contributed by atoms with Crippen LogP contribution in [0.25, 0.3) is 0 Å². The Labute approximate surface area is 117 Å². The zero-order chi connectivity index (χ0) is 14.5. The fraction of sp³-hybridized carbons (Fsp3) is 0.588. The first-order valence-corrected chi connectivity index (χ1v) is 7.11. The van der Waals surface area contributed by atoms with E-state index in [2.05, 4.69) is 27.7 Å². The zero-order valence-electron chi connectivity index (χ0n) is 12.8. The summed E-state index contributed by atoms with van der Waals surface area (Å²) in [5.41, 5.74) is 0.990. The molecule has 1 aromatic rings. The van der Waals surface area contributed by atoms with Crippen LogP contribution in [0.2, 0.25) is 0 Å². The molecule has 0 heterocycles. The molecule has 1 aromatic carbocycles. The maximum atomic E-state index is 12.3. The Morgan fingerprint density at radius 3 is 2.26 bits per heavy atom. The van der Waals surface area contributed by atoms with Gasteiger partial charge in [-0.05, 0) is 24.3 Å². The third kappa shape index (κ3) is 4.70. The molecule has 2 atom stereocenters. The van der Waals surface area contributed by atoms with Gasteiger partial charge in [0.1, 0.15) is 6.10 Å². The summed E-state index contributed by atoms with van der Waals surface area (Å²) in [4.78, 5) is 12.3. The highest BCUT2D eigenvalue weighted by Gasteiger charge is 2.32. The van der Waals surface area contributed by atoms with Crippen molar-refractivity contribution < 1.29 is 9.53 Å². The lowest BCUT2D eigenvalue weighted by atomic mass is 9.78. The van der Waals surface area contributed by atoms with Crippen LogP contribution in [-0.4, -0.2) is 5.97 Å². The second-order valence-electron chi connectivity index (χ2n) is 6.20. The molecule has 0 aliphatic heterocycles. The molecule has 0 N–H and O–H groups in total. The van der Waals surface area contributed by atoms with Crippen molar-refractivity contribution in [2.24, 2.45) is 11.3 Å². The molecule has 0 spiro atoms. The third-order valence-corrected chi connectivity index (χ3v) is 3.47. The second-order valence-corrected chi connectivity index (χ2v) is 6.20. The van der Waals surface area contributed by atoms with Gasteiger partial charge in [0, 0.05) is 0 Å². The SMILES string of the molecule is CCCC(C(=O)OC(C)c1ccccc1)C(C)(C)C. The molecular formula is C17H26O2. The van der Waals surface area contributed by atoms with E-state index < -0.39 is 0 Å². The number of hydrogen-bond donors (Lipinski definition) is 0. The Morgan fingerprint density at radius 2 is 1.79 bits per heavy atom. The van der Waals surface area contributed by atoms with Gasteiger partial charge in [0.2, 0.25) is 0 Å². The number of esters is 1. The Kier molecular flexibility index (Phi) is 5.59. The van der Waals surface area contributed by atoms with Crippen LogP contribution >= 0.6 is 0 Å². The van der Waals surface area contributed by atoms with Crippen molar-refractivity contribution in [1.29, 1.82) is 0 Å². The van der Waals surface area contributed by atoms with Crippen molar-refractivity contribution >= 4 is 5.97 Å². The molecule has 2 unspecified atom stereocenters. The molecule has 0 aliphatic carbocycles. The molecule has 0 saturated heterocycles. The summed E-state index contributed by atoms with van der Waals surface area (Å²) in [7, 11) is 0. The van der Waals surface area contributed by atoms with Crippen LogP contribution in [0.3, 0.4) is 0 Å². The van der Waals surface area contributed by atoms with E-state index in [1.807, 2.05) is 37.3 Å². The maximum Gasteiger partial charge on any atom is 0.310 e. The van der Waals surface area contributed by atoms with E-state index in [0.717, 1.165) is 18.4 Å². The van der Waals surface area contributed by atoms with Gasteiger partial charge in [-0.15, -0.1) is 0 Å². The highest BCUT2D eigenvalue weighted by molar-refractivity contribution is 5.73. The van der Waals surface area contributed by atoms with Crippen LogP contribution in [0.1, 0.15) is 59.1 Å². The van der Waals surface area contributed by atoms with E-state index in [0.29, 0.717) is 0 Å². The van der Waals surface area contributed by atoms with Gasteiger partial charge < -0.3 is 4.74 Å². The Balaban J connectivity index is 2.72. The van der Waals surface area contributed by atoms with Crippen molar-refractivity contribution in [3.8, 4) is 0 Å². The van der Waals surface area contributed by atoms with Gasteiger partial charge in [-0.1, -0.05) is 64.4 Å². The lowest BCUT2D eigenvalue weighted by Gasteiger charge is -2.29. The summed E-state index contributed by atoms with van der Waals surface area (Å²) in [6.07, 6.45) is 1.69. The van der Waals surface area contributed by atoms with Crippen molar-refractivity contribution in [2.75, 3.05) is 0 Å². The number of carbonyl (C=O) groups excluding carboxylic acids is 1. The molecule has 0 saturated carbocycles. The minimum atomic E-state index is -0.185. The molecular weight excluding hydrogens is 236 g/mol. The standard InChI is InChI=1S/C17H26O2/c1-6-10-15(17(3,4)5)16(18)19-13(2)14-11-8-7-9-12-14/h7-9,11-13,15H,6,10H2,1-5H3. The largest absolute Gasteiger partial charge is 0.458 e. The number of rotatable bonds is 5. The summed E-state index contributed by atoms with van der Waals surface area (Å²) >= 11 is 0. The number of carbonyl (C=O) groups is 1. The van der Waals surface area contributed by atoms with E-state index in [1.165, 1.54) is 0 Å². The lowest BCUT2D eigenvalue weighted by Crippen LogP contribution is -2.30. The smallest absolute Gasteiger partial charge is 0.310 e. The van der Waals surface area contributed by atoms with Crippen LogP contribution in [0, 0.1) is 11.3 Å². The first-order valence-electron chi connectivity index (χ1n) is 7.11. The summed E-state index contributed by atoms with van der Waals surface area (Å²) in [6, 6.07) is 9.88. The van der Waals surface area contributed by atoms with Crippen LogP contribution in [0.15, 0.2) is 30.3 Å². The van der Waals surface area contributed by atoms with Crippen LogP contribution in [-0.2, 0) is 9.53 Å². The fourth-order valence-corrected chi connectivity index (χ4v) is 2.24. The summed E-state index contributed by atoms with van der Waals surface area (Å²) in [5.74, 6) is -0.116. The lowest BCUT2D eigenvalue weighted by molar-refractivity contribution is -0.158. The Bertz CT molecular complexity index is 389. The summed E-state index contributed by atoms with van der Waals surface area (Å²) in [5, 5.41) is 0. The van der Waals surface area contributed by atoms with E-state index >= 15 is 0 Å². The highest BCUT2D eigenvalue weighted by atomic mass is 16.5. The van der Waals surface area contributed by atoms with Gasteiger partial charge in [0.05, 0.1) is 5.92 Å². The average molecular weight is 262 g/mol. The van der Waals surface area contributed by atoms with Gasteiger partial charge in [0.15, 0.2) is 0 Å². The fourth-order valence-electron chi connectivity index (χ4n) is 2.24. The highest BCUT2D eigenvalue weighted by Crippen LogP contribution is 2.32. The number of hydrogen-bond acceptors (Lipinski definition) is 2. The van der Waals surface area contributed by atoms with E-state index in [4.69, 9.17) is 4.74 Å². The molecule has 2 heteroatoms. The van der Waals surface area contributed by atoms with E-state index in [1.54, 1.807) is 0 Å². The molecule has 2 nitrogen and oxygen atoms in total. The molecule has 0 aromatic heterocycles. The van der Waals surface area contributed by atoms with E-state index in [-0.39, 0.29) is 23.4 Å². The molecule has 19 heavy (non-hydrogen) atoms. The zero-order valence-corrected chi connectivity index (χ0v) is 12.8. The van der Waals surface area contributed by atoms with Crippen LogP contribution < -0.4 is 0 Å². The van der Waals surface area contributed by atoms with Crippen molar-refractivity contribution in [1.82, 2.24) is 0 Å². The predicted molar refractivity (Wildman–Crippen MR) is 78.8 cm³/mol. The average Bonchev–Trinajstić information content (AvgIpc) is 2.35. The van der Waals surface area contributed by atoms with E-state index in [9.17, 15) is 4.79 Å². The van der Waals surface area contributed by atoms with Crippen molar-refractivity contribution in [3.05, 3.63) is 35.9 Å². The first kappa shape index (κ1) is 15.7. The maximum absolute atomic E-state index is 12.3. The summed E-state index contributed by atoms with van der Waals surface area (Å²) < 4.78 is 5.64. The first-order chi connectivity index (χ1) is 8.86. The third-order valence-electron chi connectivity index (χ3n) is 3.47. The minimum absolute atomic E-state index is 0.0383. The van der Waals surface area contributed by atoms with Crippen LogP contribution in [0.4, 0.5) is 0 Å². The Morgan fingerprint density at radius 1 is 1.21 bits per heavy atom. The Hall–Kier alpha value is -1.31. The van der Waals surface area contributed by atoms with Gasteiger partial charge in [0.25, 0.3) is 0 Å². The minimum Gasteiger partial charge on any atom is -0.458 e.